The van der Waals surface area contributed by atoms with E-state index in [4.69, 9.17) is 4.74 Å². The Hall–Kier alpha value is -1.03. The molecule has 17 heavy (non-hydrogen) atoms. The summed E-state index contributed by atoms with van der Waals surface area (Å²) < 4.78 is 7.69. The molecule has 0 amide bonds. The zero-order valence-corrected chi connectivity index (χ0v) is 11.5. The molecule has 1 aromatic heterocycles. The third-order valence-electron chi connectivity index (χ3n) is 2.34. The molecule has 98 valence electrons. The molecule has 0 unspecified atom stereocenters. The molecule has 0 bridgehead atoms. The molecule has 0 aliphatic carbocycles. The molecular formula is C13H25N3O. The predicted octanol–water partition coefficient (Wildman–Crippen LogP) is 2.69. The van der Waals surface area contributed by atoms with E-state index < -0.39 is 0 Å². The molecule has 1 aromatic rings. The Morgan fingerprint density at radius 3 is 2.88 bits per heavy atom. The van der Waals surface area contributed by atoms with Gasteiger partial charge in [0.25, 0.3) is 0 Å². The van der Waals surface area contributed by atoms with Crippen LogP contribution in [-0.4, -0.2) is 29.3 Å². The van der Waals surface area contributed by atoms with Crippen molar-refractivity contribution < 1.29 is 4.74 Å². The molecule has 0 aromatic carbocycles. The average molecular weight is 239 g/mol. The van der Waals surface area contributed by atoms with Crippen LogP contribution < -0.4 is 5.32 Å². The maximum atomic E-state index is 5.52. The zero-order chi connectivity index (χ0) is 12.7. The van der Waals surface area contributed by atoms with Crippen LogP contribution >= 0.6 is 0 Å². The van der Waals surface area contributed by atoms with Crippen molar-refractivity contribution in [3.63, 3.8) is 0 Å². The van der Waals surface area contributed by atoms with E-state index in [9.17, 15) is 0 Å². The Kier molecular flexibility index (Phi) is 6.05. The first kappa shape index (κ1) is 14.0. The van der Waals surface area contributed by atoms with E-state index in [1.54, 1.807) is 0 Å². The molecule has 1 rings (SSSR count). The summed E-state index contributed by atoms with van der Waals surface area (Å²) in [6, 6.07) is 0. The van der Waals surface area contributed by atoms with E-state index in [2.05, 4.69) is 41.8 Å². The molecule has 4 heteroatoms. The Morgan fingerprint density at radius 2 is 2.24 bits per heavy atom. The Balaban J connectivity index is 2.30. The van der Waals surface area contributed by atoms with Crippen LogP contribution in [0.2, 0.25) is 0 Å². The van der Waals surface area contributed by atoms with Gasteiger partial charge in [-0.15, -0.1) is 0 Å². The molecule has 0 radical (unpaired) electrons. The molecule has 0 saturated carbocycles. The highest BCUT2D eigenvalue weighted by atomic mass is 16.5. The molecule has 1 heterocycles. The minimum atomic E-state index is 0.597. The summed E-state index contributed by atoms with van der Waals surface area (Å²) in [5.74, 6) is 1.55. The highest BCUT2D eigenvalue weighted by molar-refractivity contribution is 5.28. The van der Waals surface area contributed by atoms with Crippen LogP contribution in [0.3, 0.4) is 0 Å². The SMILES string of the molecule is CCCn1cc(C)nc1NCCOCC(C)C. The lowest BCUT2D eigenvalue weighted by molar-refractivity contribution is 0.118. The molecular weight excluding hydrogens is 214 g/mol. The summed E-state index contributed by atoms with van der Waals surface area (Å²) in [6.45, 7) is 11.9. The number of hydrogen-bond donors (Lipinski definition) is 1. The number of aromatic nitrogens is 2. The third kappa shape index (κ3) is 5.22. The van der Waals surface area contributed by atoms with Crippen LogP contribution in [0.4, 0.5) is 5.95 Å². The third-order valence-corrected chi connectivity index (χ3v) is 2.34. The van der Waals surface area contributed by atoms with Gasteiger partial charge < -0.3 is 14.6 Å². The van der Waals surface area contributed by atoms with E-state index in [0.717, 1.165) is 44.4 Å². The van der Waals surface area contributed by atoms with Gasteiger partial charge in [0, 0.05) is 25.9 Å². The Morgan fingerprint density at radius 1 is 1.47 bits per heavy atom. The lowest BCUT2D eigenvalue weighted by Crippen LogP contribution is -2.15. The van der Waals surface area contributed by atoms with Gasteiger partial charge in [-0.3, -0.25) is 0 Å². The maximum absolute atomic E-state index is 5.52. The van der Waals surface area contributed by atoms with Gasteiger partial charge in [-0.2, -0.15) is 0 Å². The van der Waals surface area contributed by atoms with Crippen LogP contribution in [0, 0.1) is 12.8 Å². The van der Waals surface area contributed by atoms with Crippen LogP contribution in [0.1, 0.15) is 32.9 Å². The lowest BCUT2D eigenvalue weighted by Gasteiger charge is -2.10. The van der Waals surface area contributed by atoms with Crippen LogP contribution in [0.15, 0.2) is 6.20 Å². The molecule has 4 nitrogen and oxygen atoms in total. The van der Waals surface area contributed by atoms with E-state index >= 15 is 0 Å². The summed E-state index contributed by atoms with van der Waals surface area (Å²) in [7, 11) is 0. The summed E-state index contributed by atoms with van der Waals surface area (Å²) >= 11 is 0. The molecule has 0 fully saturated rings. The summed E-state index contributed by atoms with van der Waals surface area (Å²) in [4.78, 5) is 4.46. The van der Waals surface area contributed by atoms with E-state index in [0.29, 0.717) is 5.92 Å². The number of nitrogens with one attached hydrogen (secondary N) is 1. The number of ether oxygens (including phenoxy) is 1. The summed E-state index contributed by atoms with van der Waals surface area (Å²) in [5, 5.41) is 3.32. The van der Waals surface area contributed by atoms with Crippen molar-refractivity contribution >= 4 is 5.95 Å². The van der Waals surface area contributed by atoms with Crippen LogP contribution in [0.25, 0.3) is 0 Å². The van der Waals surface area contributed by atoms with Gasteiger partial charge in [0.05, 0.1) is 12.3 Å². The summed E-state index contributed by atoms with van der Waals surface area (Å²) in [5.41, 5.74) is 1.06. The zero-order valence-electron chi connectivity index (χ0n) is 11.5. The fraction of sp³-hybridized carbons (Fsp3) is 0.769. The lowest BCUT2D eigenvalue weighted by atomic mass is 10.2. The molecule has 0 atom stereocenters. The number of aryl methyl sites for hydroxylation is 2. The van der Waals surface area contributed by atoms with Gasteiger partial charge in [-0.25, -0.2) is 4.98 Å². The highest BCUT2D eigenvalue weighted by Gasteiger charge is 2.03. The normalized spacial score (nSPS) is 11.1. The minimum Gasteiger partial charge on any atom is -0.379 e. The first-order valence-electron chi connectivity index (χ1n) is 6.48. The van der Waals surface area contributed by atoms with Gasteiger partial charge in [0.1, 0.15) is 0 Å². The van der Waals surface area contributed by atoms with Gasteiger partial charge >= 0.3 is 0 Å². The molecule has 1 N–H and O–H groups in total. The first-order chi connectivity index (χ1) is 8.13. The topological polar surface area (TPSA) is 39.1 Å². The Labute approximate surface area is 104 Å². The van der Waals surface area contributed by atoms with Crippen molar-refractivity contribution in [3.8, 4) is 0 Å². The van der Waals surface area contributed by atoms with Crippen molar-refractivity contribution in [2.24, 2.45) is 5.92 Å². The number of nitrogens with zero attached hydrogens (tertiary/aromatic N) is 2. The van der Waals surface area contributed by atoms with Crippen molar-refractivity contribution in [2.75, 3.05) is 25.1 Å². The monoisotopic (exact) mass is 239 g/mol. The molecule has 0 spiro atoms. The van der Waals surface area contributed by atoms with Crippen LogP contribution in [-0.2, 0) is 11.3 Å². The number of anilines is 1. The predicted molar refractivity (Wildman–Crippen MR) is 71.4 cm³/mol. The van der Waals surface area contributed by atoms with E-state index in [1.165, 1.54) is 0 Å². The van der Waals surface area contributed by atoms with Gasteiger partial charge in [0.2, 0.25) is 5.95 Å². The second-order valence-corrected chi connectivity index (χ2v) is 4.79. The van der Waals surface area contributed by atoms with Crippen molar-refractivity contribution in [1.82, 2.24) is 9.55 Å². The standard InChI is InChI=1S/C13H25N3O/c1-5-7-16-9-12(4)15-13(16)14-6-8-17-10-11(2)3/h9,11H,5-8,10H2,1-4H3,(H,14,15). The van der Waals surface area contributed by atoms with E-state index in [1.807, 2.05) is 6.92 Å². The van der Waals surface area contributed by atoms with Gasteiger partial charge in [-0.1, -0.05) is 20.8 Å². The number of imidazole rings is 1. The Bertz CT molecular complexity index is 320. The summed E-state index contributed by atoms with van der Waals surface area (Å²) in [6.07, 6.45) is 3.20. The molecule has 0 aliphatic heterocycles. The second-order valence-electron chi connectivity index (χ2n) is 4.79. The number of rotatable bonds is 8. The largest absolute Gasteiger partial charge is 0.379 e. The molecule has 0 saturated heterocycles. The van der Waals surface area contributed by atoms with Crippen LogP contribution in [0.5, 0.6) is 0 Å². The van der Waals surface area contributed by atoms with E-state index in [-0.39, 0.29) is 0 Å². The fourth-order valence-corrected chi connectivity index (χ4v) is 1.65. The smallest absolute Gasteiger partial charge is 0.203 e. The molecule has 0 aliphatic rings. The van der Waals surface area contributed by atoms with Crippen molar-refractivity contribution in [2.45, 2.75) is 40.7 Å². The average Bonchev–Trinajstić information content (AvgIpc) is 2.59. The van der Waals surface area contributed by atoms with Gasteiger partial charge in [0.15, 0.2) is 0 Å². The number of hydrogen-bond acceptors (Lipinski definition) is 3. The fourth-order valence-electron chi connectivity index (χ4n) is 1.65. The first-order valence-corrected chi connectivity index (χ1v) is 6.48. The highest BCUT2D eigenvalue weighted by Crippen LogP contribution is 2.08. The van der Waals surface area contributed by atoms with Crippen molar-refractivity contribution in [1.29, 1.82) is 0 Å². The quantitative estimate of drug-likeness (QED) is 0.709. The van der Waals surface area contributed by atoms with Crippen molar-refractivity contribution in [3.05, 3.63) is 11.9 Å². The second kappa shape index (κ2) is 7.33. The minimum absolute atomic E-state index is 0.597. The van der Waals surface area contributed by atoms with Gasteiger partial charge in [-0.05, 0) is 19.3 Å². The maximum Gasteiger partial charge on any atom is 0.203 e.